The zero-order valence-electron chi connectivity index (χ0n) is 10.9. The lowest BCUT2D eigenvalue weighted by Crippen LogP contribution is -2.27. The number of ether oxygens (including phenoxy) is 1. The number of carbonyl (C=O) groups is 1. The van der Waals surface area contributed by atoms with E-state index in [2.05, 4.69) is 10.1 Å². The predicted octanol–water partition coefficient (Wildman–Crippen LogP) is 1.21. The quantitative estimate of drug-likeness (QED) is 0.705. The van der Waals surface area contributed by atoms with Crippen molar-refractivity contribution in [3.63, 3.8) is 0 Å². The van der Waals surface area contributed by atoms with E-state index in [1.165, 1.54) is 31.2 Å². The second kappa shape index (κ2) is 7.76. The van der Waals surface area contributed by atoms with Gasteiger partial charge in [-0.2, -0.15) is 8.78 Å². The molecule has 0 fully saturated rings. The maximum Gasteiger partial charge on any atom is 0.387 e. The fourth-order valence-corrected chi connectivity index (χ4v) is 1.62. The highest BCUT2D eigenvalue weighted by Gasteiger charge is 2.18. The van der Waals surface area contributed by atoms with Crippen LogP contribution in [0.5, 0.6) is 5.75 Å². The van der Waals surface area contributed by atoms with E-state index in [-0.39, 0.29) is 24.6 Å². The van der Waals surface area contributed by atoms with Gasteiger partial charge in [0.2, 0.25) is 5.91 Å². The van der Waals surface area contributed by atoms with Gasteiger partial charge in [-0.1, -0.05) is 12.1 Å². The van der Waals surface area contributed by atoms with E-state index in [9.17, 15) is 23.8 Å². The van der Waals surface area contributed by atoms with Crippen molar-refractivity contribution in [2.75, 3.05) is 6.54 Å². The van der Waals surface area contributed by atoms with Crippen LogP contribution in [0.1, 0.15) is 25.0 Å². The molecule has 2 unspecified atom stereocenters. The Morgan fingerprint density at radius 1 is 1.30 bits per heavy atom. The van der Waals surface area contributed by atoms with E-state index in [0.29, 0.717) is 5.56 Å². The molecule has 0 aromatic heterocycles. The minimum absolute atomic E-state index is 0.0244. The second-order valence-corrected chi connectivity index (χ2v) is 4.23. The number of aliphatic hydroxyl groups is 2. The molecule has 1 aromatic carbocycles. The van der Waals surface area contributed by atoms with Crippen molar-refractivity contribution in [1.29, 1.82) is 0 Å². The first-order valence-electron chi connectivity index (χ1n) is 6.05. The molecule has 20 heavy (non-hydrogen) atoms. The minimum Gasteiger partial charge on any atom is -0.435 e. The molecule has 0 aliphatic heterocycles. The van der Waals surface area contributed by atoms with Gasteiger partial charge in [0.15, 0.2) is 0 Å². The molecule has 3 N–H and O–H groups in total. The number of rotatable bonds is 7. The van der Waals surface area contributed by atoms with Gasteiger partial charge in [0, 0.05) is 13.5 Å². The summed E-state index contributed by atoms with van der Waals surface area (Å²) in [6.07, 6.45) is -2.05. The van der Waals surface area contributed by atoms with E-state index in [1.54, 1.807) is 0 Å². The molecule has 2 atom stereocenters. The molecule has 0 saturated carbocycles. The first-order chi connectivity index (χ1) is 9.40. The maximum absolute atomic E-state index is 12.0. The molecule has 0 aliphatic rings. The van der Waals surface area contributed by atoms with E-state index in [4.69, 9.17) is 0 Å². The largest absolute Gasteiger partial charge is 0.435 e. The molecule has 0 heterocycles. The minimum atomic E-state index is -2.91. The molecule has 0 spiro atoms. The fraction of sp³-hybridized carbons (Fsp3) is 0.462. The highest BCUT2D eigenvalue weighted by atomic mass is 19.3. The molecule has 1 amide bonds. The lowest BCUT2D eigenvalue weighted by Gasteiger charge is -2.18. The van der Waals surface area contributed by atoms with Crippen LogP contribution in [0.2, 0.25) is 0 Å². The van der Waals surface area contributed by atoms with Crippen LogP contribution < -0.4 is 10.1 Å². The van der Waals surface area contributed by atoms with Crippen LogP contribution >= 0.6 is 0 Å². The van der Waals surface area contributed by atoms with Crippen LogP contribution in [-0.4, -0.2) is 35.4 Å². The van der Waals surface area contributed by atoms with E-state index < -0.39 is 18.8 Å². The fourth-order valence-electron chi connectivity index (χ4n) is 1.62. The van der Waals surface area contributed by atoms with Crippen molar-refractivity contribution in [1.82, 2.24) is 5.32 Å². The van der Waals surface area contributed by atoms with Gasteiger partial charge in [-0.3, -0.25) is 4.79 Å². The SMILES string of the molecule is CC(=O)NCCC(O)C(O)c1ccc(OC(F)F)cc1. The van der Waals surface area contributed by atoms with Crippen LogP contribution in [0.3, 0.4) is 0 Å². The Morgan fingerprint density at radius 3 is 2.40 bits per heavy atom. The third-order valence-electron chi connectivity index (χ3n) is 2.63. The smallest absolute Gasteiger partial charge is 0.387 e. The van der Waals surface area contributed by atoms with Gasteiger partial charge in [-0.05, 0) is 24.1 Å². The van der Waals surface area contributed by atoms with Gasteiger partial charge in [0.25, 0.3) is 0 Å². The van der Waals surface area contributed by atoms with Crippen molar-refractivity contribution in [3.8, 4) is 5.75 Å². The number of aliphatic hydroxyl groups excluding tert-OH is 2. The average molecular weight is 289 g/mol. The van der Waals surface area contributed by atoms with Gasteiger partial charge in [-0.15, -0.1) is 0 Å². The summed E-state index contributed by atoms with van der Waals surface area (Å²) in [5.41, 5.74) is 0.377. The highest BCUT2D eigenvalue weighted by molar-refractivity contribution is 5.72. The number of amides is 1. The third kappa shape index (κ3) is 5.50. The molecule has 0 saturated heterocycles. The van der Waals surface area contributed by atoms with Gasteiger partial charge in [0.05, 0.1) is 6.10 Å². The summed E-state index contributed by atoms with van der Waals surface area (Å²) in [7, 11) is 0. The number of hydrogen-bond donors (Lipinski definition) is 3. The summed E-state index contributed by atoms with van der Waals surface area (Å²) in [5.74, 6) is -0.246. The zero-order valence-corrected chi connectivity index (χ0v) is 10.9. The van der Waals surface area contributed by atoms with Gasteiger partial charge < -0.3 is 20.3 Å². The molecular weight excluding hydrogens is 272 g/mol. The zero-order chi connectivity index (χ0) is 15.1. The first-order valence-corrected chi connectivity index (χ1v) is 6.05. The molecule has 1 aromatic rings. The Kier molecular flexibility index (Phi) is 6.33. The van der Waals surface area contributed by atoms with Gasteiger partial charge in [-0.25, -0.2) is 0 Å². The number of benzene rings is 1. The maximum atomic E-state index is 12.0. The summed E-state index contributed by atoms with van der Waals surface area (Å²) in [6.45, 7) is -1.32. The third-order valence-corrected chi connectivity index (χ3v) is 2.63. The summed E-state index contributed by atoms with van der Waals surface area (Å²) in [6, 6.07) is 5.35. The monoisotopic (exact) mass is 289 g/mol. The van der Waals surface area contributed by atoms with Crippen molar-refractivity contribution in [2.24, 2.45) is 0 Å². The number of carbonyl (C=O) groups excluding carboxylic acids is 1. The van der Waals surface area contributed by atoms with E-state index >= 15 is 0 Å². The summed E-state index contributed by atoms with van der Waals surface area (Å²) in [4.78, 5) is 10.7. The molecule has 7 heteroatoms. The van der Waals surface area contributed by atoms with Crippen molar-refractivity contribution < 1.29 is 28.5 Å². The Balaban J connectivity index is 2.53. The normalized spacial score (nSPS) is 13.9. The van der Waals surface area contributed by atoms with Crippen molar-refractivity contribution >= 4 is 5.91 Å². The number of halogens is 2. The number of alkyl halides is 2. The second-order valence-electron chi connectivity index (χ2n) is 4.23. The molecule has 112 valence electrons. The number of nitrogens with one attached hydrogen (secondary N) is 1. The standard InChI is InChI=1S/C13H17F2NO4/c1-8(17)16-7-6-11(18)12(19)9-2-4-10(5-3-9)20-13(14)15/h2-5,11-13,18-19H,6-7H2,1H3,(H,16,17). The van der Waals surface area contributed by atoms with Crippen molar-refractivity contribution in [2.45, 2.75) is 32.2 Å². The Hall–Kier alpha value is -1.73. The first kappa shape index (κ1) is 16.3. The highest BCUT2D eigenvalue weighted by Crippen LogP contribution is 2.22. The average Bonchev–Trinajstić information content (AvgIpc) is 2.37. The van der Waals surface area contributed by atoms with Gasteiger partial charge in [0.1, 0.15) is 11.9 Å². The molecule has 5 nitrogen and oxygen atoms in total. The topological polar surface area (TPSA) is 78.8 Å². The lowest BCUT2D eigenvalue weighted by atomic mass is 10.0. The van der Waals surface area contributed by atoms with Crippen LogP contribution in [0.4, 0.5) is 8.78 Å². The van der Waals surface area contributed by atoms with Crippen LogP contribution in [0, 0.1) is 0 Å². The van der Waals surface area contributed by atoms with Crippen LogP contribution in [0.25, 0.3) is 0 Å². The van der Waals surface area contributed by atoms with Crippen LogP contribution in [0.15, 0.2) is 24.3 Å². The van der Waals surface area contributed by atoms with E-state index in [1.807, 2.05) is 0 Å². The summed E-state index contributed by atoms with van der Waals surface area (Å²) in [5, 5.41) is 22.1. The lowest BCUT2D eigenvalue weighted by molar-refractivity contribution is -0.119. The van der Waals surface area contributed by atoms with Gasteiger partial charge >= 0.3 is 6.61 Å². The summed E-state index contributed by atoms with van der Waals surface area (Å²) >= 11 is 0. The Morgan fingerprint density at radius 2 is 1.90 bits per heavy atom. The summed E-state index contributed by atoms with van der Waals surface area (Å²) < 4.78 is 28.1. The molecule has 0 aliphatic carbocycles. The van der Waals surface area contributed by atoms with Crippen molar-refractivity contribution in [3.05, 3.63) is 29.8 Å². The Bertz CT molecular complexity index is 425. The van der Waals surface area contributed by atoms with E-state index in [0.717, 1.165) is 0 Å². The molecular formula is C13H17F2NO4. The molecule has 0 bridgehead atoms. The molecule has 0 radical (unpaired) electrons. The predicted molar refractivity (Wildman–Crippen MR) is 67.3 cm³/mol. The Labute approximate surface area is 115 Å². The number of hydrogen-bond acceptors (Lipinski definition) is 4. The molecule has 1 rings (SSSR count). The van der Waals surface area contributed by atoms with Crippen LogP contribution in [-0.2, 0) is 4.79 Å².